The first-order valence-corrected chi connectivity index (χ1v) is 12.5. The lowest BCUT2D eigenvalue weighted by molar-refractivity contribution is -0.384. The predicted octanol–water partition coefficient (Wildman–Crippen LogP) is 5.55. The van der Waals surface area contributed by atoms with Crippen molar-refractivity contribution in [1.82, 2.24) is 9.88 Å². The number of fused-ring (bicyclic) bond motifs is 1. The molecule has 1 fully saturated rings. The van der Waals surface area contributed by atoms with Gasteiger partial charge in [0, 0.05) is 41.3 Å². The van der Waals surface area contributed by atoms with Gasteiger partial charge in [-0.1, -0.05) is 56.3 Å². The van der Waals surface area contributed by atoms with Crippen LogP contribution in [0.1, 0.15) is 36.5 Å². The average molecular weight is 525 g/mol. The Kier molecular flexibility index (Phi) is 6.61. The number of amides is 2. The number of nitrogens with zero attached hydrogens (tertiary/aromatic N) is 3. The summed E-state index contributed by atoms with van der Waals surface area (Å²) in [5.74, 6) is -0.711. The number of hydrogen-bond donors (Lipinski definition) is 1. The van der Waals surface area contributed by atoms with E-state index in [0.29, 0.717) is 23.7 Å². The first-order chi connectivity index (χ1) is 18.2. The zero-order valence-corrected chi connectivity index (χ0v) is 21.6. The standard InChI is InChI=1S/C29H24N4O4S/c1-18(2)20-9-13-22(14-10-20)32-28(35)25(27(34)30-29(32)38)15-21-17-31(26-6-4-3-5-24(21)26)16-19-7-11-23(12-8-19)33(36)37/h3-15,17-18H,16H2,1-2H3,(H,30,34,38)/b25-15+. The van der Waals surface area contributed by atoms with Crippen LogP contribution in [0.5, 0.6) is 0 Å². The van der Waals surface area contributed by atoms with Crippen molar-refractivity contribution in [2.24, 2.45) is 0 Å². The third kappa shape index (κ3) is 4.71. The molecule has 5 rings (SSSR count). The first-order valence-electron chi connectivity index (χ1n) is 12.1. The molecule has 1 aliphatic rings. The molecular formula is C29H24N4O4S. The molecule has 0 bridgehead atoms. The number of nitro groups is 1. The van der Waals surface area contributed by atoms with E-state index >= 15 is 0 Å². The molecule has 0 aliphatic carbocycles. The van der Waals surface area contributed by atoms with Crippen molar-refractivity contribution in [2.75, 3.05) is 4.90 Å². The Hall–Kier alpha value is -4.63. The molecule has 1 aromatic heterocycles. The lowest BCUT2D eigenvalue weighted by Gasteiger charge is -2.29. The first kappa shape index (κ1) is 25.0. The van der Waals surface area contributed by atoms with E-state index in [4.69, 9.17) is 12.2 Å². The highest BCUT2D eigenvalue weighted by atomic mass is 32.1. The number of anilines is 1. The number of thiocarbonyl (C=S) groups is 1. The van der Waals surface area contributed by atoms with Crippen LogP contribution in [0.2, 0.25) is 0 Å². The number of para-hydroxylation sites is 1. The second-order valence-corrected chi connectivity index (χ2v) is 9.74. The van der Waals surface area contributed by atoms with Crippen molar-refractivity contribution in [1.29, 1.82) is 0 Å². The van der Waals surface area contributed by atoms with Crippen LogP contribution in [0, 0.1) is 10.1 Å². The molecule has 1 saturated heterocycles. The highest BCUT2D eigenvalue weighted by Crippen LogP contribution is 2.28. The zero-order valence-electron chi connectivity index (χ0n) is 20.8. The fourth-order valence-electron chi connectivity index (χ4n) is 4.50. The zero-order chi connectivity index (χ0) is 27.0. The van der Waals surface area contributed by atoms with Crippen molar-refractivity contribution < 1.29 is 14.5 Å². The number of non-ortho nitro benzene ring substituents is 1. The van der Waals surface area contributed by atoms with Crippen LogP contribution in [0.3, 0.4) is 0 Å². The van der Waals surface area contributed by atoms with Crippen molar-refractivity contribution in [2.45, 2.75) is 26.3 Å². The van der Waals surface area contributed by atoms with Gasteiger partial charge in [-0.15, -0.1) is 0 Å². The summed E-state index contributed by atoms with van der Waals surface area (Å²) in [5, 5.41) is 14.5. The van der Waals surface area contributed by atoms with Gasteiger partial charge < -0.3 is 4.57 Å². The monoisotopic (exact) mass is 524 g/mol. The van der Waals surface area contributed by atoms with Gasteiger partial charge >= 0.3 is 0 Å². The maximum Gasteiger partial charge on any atom is 0.270 e. The highest BCUT2D eigenvalue weighted by Gasteiger charge is 2.34. The molecule has 2 heterocycles. The summed E-state index contributed by atoms with van der Waals surface area (Å²) in [6, 6.07) is 21.6. The summed E-state index contributed by atoms with van der Waals surface area (Å²) in [4.78, 5) is 38.3. The van der Waals surface area contributed by atoms with E-state index in [0.717, 1.165) is 22.0 Å². The Morgan fingerprint density at radius 1 is 1.00 bits per heavy atom. The van der Waals surface area contributed by atoms with Gasteiger partial charge in [0.2, 0.25) is 0 Å². The van der Waals surface area contributed by atoms with Gasteiger partial charge in [-0.25, -0.2) is 0 Å². The summed E-state index contributed by atoms with van der Waals surface area (Å²) in [5.41, 5.74) is 4.19. The third-order valence-corrected chi connectivity index (χ3v) is 6.82. The van der Waals surface area contributed by atoms with Gasteiger partial charge in [0.1, 0.15) is 5.57 Å². The van der Waals surface area contributed by atoms with Gasteiger partial charge in [-0.2, -0.15) is 0 Å². The smallest absolute Gasteiger partial charge is 0.270 e. The summed E-state index contributed by atoms with van der Waals surface area (Å²) in [7, 11) is 0. The minimum atomic E-state index is -0.553. The second kappa shape index (κ2) is 10.0. The number of nitrogens with one attached hydrogen (secondary N) is 1. The van der Waals surface area contributed by atoms with Crippen LogP contribution in [0.4, 0.5) is 11.4 Å². The maximum absolute atomic E-state index is 13.5. The molecule has 0 spiro atoms. The van der Waals surface area contributed by atoms with Crippen LogP contribution in [-0.2, 0) is 16.1 Å². The van der Waals surface area contributed by atoms with E-state index < -0.39 is 16.7 Å². The Bertz CT molecular complexity index is 1620. The fraction of sp³-hybridized carbons (Fsp3) is 0.138. The van der Waals surface area contributed by atoms with E-state index in [1.165, 1.54) is 17.0 Å². The minimum Gasteiger partial charge on any atom is -0.342 e. The van der Waals surface area contributed by atoms with E-state index in [1.807, 2.05) is 59.3 Å². The number of benzene rings is 3. The van der Waals surface area contributed by atoms with E-state index in [9.17, 15) is 19.7 Å². The van der Waals surface area contributed by atoms with Crippen LogP contribution in [0.25, 0.3) is 17.0 Å². The highest BCUT2D eigenvalue weighted by molar-refractivity contribution is 7.80. The molecule has 38 heavy (non-hydrogen) atoms. The van der Waals surface area contributed by atoms with Crippen LogP contribution >= 0.6 is 12.2 Å². The van der Waals surface area contributed by atoms with Crippen LogP contribution in [0.15, 0.2) is 84.6 Å². The predicted molar refractivity (Wildman–Crippen MR) is 151 cm³/mol. The molecule has 0 atom stereocenters. The van der Waals surface area contributed by atoms with Crippen LogP contribution in [-0.4, -0.2) is 26.4 Å². The van der Waals surface area contributed by atoms with Gasteiger partial charge in [0.05, 0.1) is 10.6 Å². The number of nitro benzene ring substituents is 1. The lowest BCUT2D eigenvalue weighted by Crippen LogP contribution is -2.54. The van der Waals surface area contributed by atoms with Crippen molar-refractivity contribution in [3.8, 4) is 0 Å². The molecule has 0 unspecified atom stereocenters. The quantitative estimate of drug-likeness (QED) is 0.117. The SMILES string of the molecule is CC(C)c1ccc(N2C(=O)/C(=C/c3cn(Cc4ccc([N+](=O)[O-])cc4)c4ccccc34)C(=O)NC2=S)cc1. The maximum atomic E-state index is 13.5. The molecule has 190 valence electrons. The Morgan fingerprint density at radius 2 is 1.68 bits per heavy atom. The number of carbonyl (C=O) groups excluding carboxylic acids is 2. The number of aromatic nitrogens is 1. The number of carbonyl (C=O) groups is 2. The van der Waals surface area contributed by atoms with E-state index in [-0.39, 0.29) is 16.4 Å². The van der Waals surface area contributed by atoms with Gasteiger partial charge in [-0.05, 0) is 53.5 Å². The average Bonchev–Trinajstić information content (AvgIpc) is 3.24. The summed E-state index contributed by atoms with van der Waals surface area (Å²) >= 11 is 5.34. The van der Waals surface area contributed by atoms with Crippen molar-refractivity contribution >= 4 is 57.5 Å². The van der Waals surface area contributed by atoms with Gasteiger partial charge in [0.15, 0.2) is 5.11 Å². The number of hydrogen-bond acceptors (Lipinski definition) is 5. The molecule has 0 saturated carbocycles. The Morgan fingerprint density at radius 3 is 2.34 bits per heavy atom. The normalized spacial score (nSPS) is 15.0. The largest absolute Gasteiger partial charge is 0.342 e. The topological polar surface area (TPSA) is 97.5 Å². The van der Waals surface area contributed by atoms with E-state index in [1.54, 1.807) is 18.2 Å². The molecule has 2 amide bonds. The van der Waals surface area contributed by atoms with Gasteiger partial charge in [-0.3, -0.25) is 29.9 Å². The molecule has 9 heteroatoms. The molecule has 3 aromatic carbocycles. The second-order valence-electron chi connectivity index (χ2n) is 9.36. The molecule has 4 aromatic rings. The summed E-state index contributed by atoms with van der Waals surface area (Å²) in [6.45, 7) is 4.63. The molecule has 0 radical (unpaired) electrons. The van der Waals surface area contributed by atoms with E-state index in [2.05, 4.69) is 19.2 Å². The lowest BCUT2D eigenvalue weighted by atomic mass is 10.0. The molecule has 1 aliphatic heterocycles. The molecule has 8 nitrogen and oxygen atoms in total. The van der Waals surface area contributed by atoms with Crippen molar-refractivity contribution in [3.05, 3.63) is 111 Å². The summed E-state index contributed by atoms with van der Waals surface area (Å²) in [6.07, 6.45) is 3.46. The van der Waals surface area contributed by atoms with Crippen molar-refractivity contribution in [3.63, 3.8) is 0 Å². The van der Waals surface area contributed by atoms with Gasteiger partial charge in [0.25, 0.3) is 17.5 Å². The Labute approximate surface area is 224 Å². The van der Waals surface area contributed by atoms with Crippen LogP contribution < -0.4 is 10.2 Å². The minimum absolute atomic E-state index is 0.0234. The fourth-order valence-corrected chi connectivity index (χ4v) is 4.78. The third-order valence-electron chi connectivity index (χ3n) is 6.54. The molecule has 1 N–H and O–H groups in total. The molecular weight excluding hydrogens is 500 g/mol. The number of rotatable bonds is 6. The summed E-state index contributed by atoms with van der Waals surface area (Å²) < 4.78 is 1.99. The Balaban J connectivity index is 1.51.